The highest BCUT2D eigenvalue weighted by molar-refractivity contribution is 5.85. The van der Waals surface area contributed by atoms with E-state index in [1.54, 1.807) is 26.0 Å². The Kier molecular flexibility index (Phi) is 7.21. The summed E-state index contributed by atoms with van der Waals surface area (Å²) in [5.41, 5.74) is 6.06. The number of alkyl halides is 3. The van der Waals surface area contributed by atoms with E-state index in [9.17, 15) is 18.0 Å². The van der Waals surface area contributed by atoms with Gasteiger partial charge in [0.1, 0.15) is 11.4 Å². The quantitative estimate of drug-likeness (QED) is 0.738. The number of rotatable bonds is 6. The molecule has 2 aromatic rings. The Hall–Kier alpha value is -2.33. The van der Waals surface area contributed by atoms with Crippen molar-refractivity contribution < 1.29 is 27.4 Å². The molecule has 0 aliphatic carbocycles. The van der Waals surface area contributed by atoms with Crippen LogP contribution in [0, 0.1) is 0 Å². The Morgan fingerprint density at radius 2 is 1.85 bits per heavy atom. The lowest BCUT2D eigenvalue weighted by molar-refractivity contribution is -0.153. The van der Waals surface area contributed by atoms with Crippen molar-refractivity contribution in [1.82, 2.24) is 15.0 Å². The summed E-state index contributed by atoms with van der Waals surface area (Å²) >= 11 is 0. The zero-order valence-corrected chi connectivity index (χ0v) is 15.7. The largest absolute Gasteiger partial charge is 0.484 e. The summed E-state index contributed by atoms with van der Waals surface area (Å²) in [4.78, 5) is 11.8. The molecule has 0 saturated heterocycles. The number of hydrogen-bond acceptors (Lipinski definition) is 6. The number of aromatic nitrogens is 3. The lowest BCUT2D eigenvalue weighted by atomic mass is 10.0. The van der Waals surface area contributed by atoms with E-state index < -0.39 is 30.3 Å². The zero-order chi connectivity index (χ0) is 19.5. The summed E-state index contributed by atoms with van der Waals surface area (Å²) in [6, 6.07) is 5.20. The van der Waals surface area contributed by atoms with Crippen molar-refractivity contribution in [1.29, 1.82) is 0 Å². The van der Waals surface area contributed by atoms with Gasteiger partial charge in [-0.1, -0.05) is 17.3 Å². The average Bonchev–Trinajstić information content (AvgIpc) is 3.09. The van der Waals surface area contributed by atoms with Gasteiger partial charge in [-0.2, -0.15) is 13.2 Å². The van der Waals surface area contributed by atoms with E-state index in [4.69, 9.17) is 10.5 Å². The molecule has 1 atom stereocenters. The fraction of sp³-hybridized carbons (Fsp3) is 0.438. The second kappa shape index (κ2) is 8.57. The summed E-state index contributed by atoms with van der Waals surface area (Å²) in [5, 5.41) is 7.88. The van der Waals surface area contributed by atoms with Crippen molar-refractivity contribution >= 4 is 18.4 Å². The lowest BCUT2D eigenvalue weighted by Crippen LogP contribution is -2.37. The van der Waals surface area contributed by atoms with Crippen LogP contribution >= 0.6 is 12.4 Å². The highest BCUT2D eigenvalue weighted by Crippen LogP contribution is 2.24. The molecule has 0 saturated carbocycles. The maximum absolute atomic E-state index is 12.2. The molecule has 1 unspecified atom stereocenters. The van der Waals surface area contributed by atoms with E-state index in [-0.39, 0.29) is 18.2 Å². The SMILES string of the molecule is COC(=O)C(C)(C)n1cc(C(N)c2ccc(OCC(F)(F)F)cc2)nn1.Cl. The van der Waals surface area contributed by atoms with Crippen molar-refractivity contribution in [3.05, 3.63) is 41.7 Å². The first-order valence-corrected chi connectivity index (χ1v) is 7.61. The molecular weight excluding hydrogens is 389 g/mol. The summed E-state index contributed by atoms with van der Waals surface area (Å²) < 4.78 is 47.2. The van der Waals surface area contributed by atoms with Gasteiger partial charge in [0, 0.05) is 0 Å². The van der Waals surface area contributed by atoms with E-state index in [0.717, 1.165) is 0 Å². The van der Waals surface area contributed by atoms with Gasteiger partial charge in [0.25, 0.3) is 0 Å². The zero-order valence-electron chi connectivity index (χ0n) is 14.9. The van der Waals surface area contributed by atoms with Crippen LogP contribution in [0.1, 0.15) is 31.1 Å². The number of halogens is 4. The van der Waals surface area contributed by atoms with Crippen LogP contribution in [0.15, 0.2) is 30.5 Å². The van der Waals surface area contributed by atoms with Crippen LogP contribution in [0.2, 0.25) is 0 Å². The highest BCUT2D eigenvalue weighted by atomic mass is 35.5. The smallest absolute Gasteiger partial charge is 0.422 e. The topological polar surface area (TPSA) is 92.3 Å². The molecule has 0 aliphatic heterocycles. The molecule has 1 aromatic heterocycles. The highest BCUT2D eigenvalue weighted by Gasteiger charge is 2.33. The van der Waals surface area contributed by atoms with Crippen LogP contribution in [0.3, 0.4) is 0 Å². The maximum atomic E-state index is 12.2. The Morgan fingerprint density at radius 3 is 2.37 bits per heavy atom. The van der Waals surface area contributed by atoms with Gasteiger partial charge in [-0.05, 0) is 31.5 Å². The van der Waals surface area contributed by atoms with Gasteiger partial charge in [-0.15, -0.1) is 17.5 Å². The number of nitrogens with two attached hydrogens (primary N) is 1. The molecule has 2 N–H and O–H groups in total. The molecule has 2 rings (SSSR count). The first-order valence-electron chi connectivity index (χ1n) is 7.61. The van der Waals surface area contributed by atoms with Crippen LogP contribution in [-0.2, 0) is 15.1 Å². The van der Waals surface area contributed by atoms with Crippen molar-refractivity contribution in [2.45, 2.75) is 31.6 Å². The minimum absolute atomic E-state index is 0. The maximum Gasteiger partial charge on any atom is 0.422 e. The number of hydrogen-bond donors (Lipinski definition) is 1. The van der Waals surface area contributed by atoms with Crippen LogP contribution in [0.4, 0.5) is 13.2 Å². The molecule has 0 radical (unpaired) electrons. The molecular formula is C16H20ClF3N4O3. The Bertz CT molecular complexity index is 763. The van der Waals surface area contributed by atoms with Crippen molar-refractivity contribution in [3.8, 4) is 5.75 Å². The minimum Gasteiger partial charge on any atom is -0.484 e. The molecule has 0 bridgehead atoms. The first-order chi connectivity index (χ1) is 12.0. The second-order valence-corrected chi connectivity index (χ2v) is 6.09. The van der Waals surface area contributed by atoms with Gasteiger partial charge < -0.3 is 15.2 Å². The Morgan fingerprint density at radius 1 is 1.26 bits per heavy atom. The lowest BCUT2D eigenvalue weighted by Gasteiger charge is -2.21. The molecule has 1 aromatic carbocycles. The molecule has 0 aliphatic rings. The van der Waals surface area contributed by atoms with Crippen LogP contribution < -0.4 is 10.5 Å². The molecule has 0 fully saturated rings. The monoisotopic (exact) mass is 408 g/mol. The number of methoxy groups -OCH3 is 1. The van der Waals surface area contributed by atoms with Gasteiger partial charge >= 0.3 is 12.1 Å². The van der Waals surface area contributed by atoms with Crippen molar-refractivity contribution in [2.75, 3.05) is 13.7 Å². The molecule has 0 amide bonds. The molecule has 1 heterocycles. The van der Waals surface area contributed by atoms with Crippen LogP contribution in [0.5, 0.6) is 5.75 Å². The number of carbonyl (C=O) groups excluding carboxylic acids is 1. The minimum atomic E-state index is -4.40. The first kappa shape index (κ1) is 22.7. The molecule has 0 spiro atoms. The molecule has 150 valence electrons. The Balaban J connectivity index is 0.00000364. The van der Waals surface area contributed by atoms with Gasteiger partial charge in [0.05, 0.1) is 19.3 Å². The number of ether oxygens (including phenoxy) is 2. The number of esters is 1. The molecule has 7 nitrogen and oxygen atoms in total. The van der Waals surface area contributed by atoms with Crippen LogP contribution in [0.25, 0.3) is 0 Å². The predicted molar refractivity (Wildman–Crippen MR) is 92.6 cm³/mol. The predicted octanol–water partition coefficient (Wildman–Crippen LogP) is 2.60. The van der Waals surface area contributed by atoms with E-state index in [1.165, 1.54) is 30.1 Å². The van der Waals surface area contributed by atoms with Gasteiger partial charge in [-0.3, -0.25) is 0 Å². The van der Waals surface area contributed by atoms with Crippen molar-refractivity contribution in [2.24, 2.45) is 5.73 Å². The molecule has 11 heteroatoms. The molecule has 27 heavy (non-hydrogen) atoms. The summed E-state index contributed by atoms with van der Waals surface area (Å²) in [5.74, 6) is -0.414. The van der Waals surface area contributed by atoms with Gasteiger partial charge in [0.15, 0.2) is 12.1 Å². The third-order valence-corrected chi connectivity index (χ3v) is 3.73. The summed E-state index contributed by atoms with van der Waals surface area (Å²) in [6.07, 6.45) is -2.88. The normalized spacial score (nSPS) is 12.9. The average molecular weight is 409 g/mol. The standard InChI is InChI=1S/C16H19F3N4O3.ClH/c1-15(2,14(24)25-3)23-8-12(21-22-23)13(20)10-4-6-11(7-5-10)26-9-16(17,18)19;/h4-8,13H,9,20H2,1-3H3;1H. The summed E-state index contributed by atoms with van der Waals surface area (Å²) in [6.45, 7) is 1.88. The third kappa shape index (κ3) is 5.57. The number of benzene rings is 1. The van der Waals surface area contributed by atoms with Gasteiger partial charge in [-0.25, -0.2) is 9.48 Å². The number of nitrogens with zero attached hydrogens (tertiary/aromatic N) is 3. The van der Waals surface area contributed by atoms with E-state index in [0.29, 0.717) is 11.3 Å². The van der Waals surface area contributed by atoms with Gasteiger partial charge in [0.2, 0.25) is 0 Å². The number of carbonyl (C=O) groups is 1. The third-order valence-electron chi connectivity index (χ3n) is 3.73. The fourth-order valence-corrected chi connectivity index (χ4v) is 2.14. The fourth-order valence-electron chi connectivity index (χ4n) is 2.14. The van der Waals surface area contributed by atoms with E-state index in [2.05, 4.69) is 15.0 Å². The van der Waals surface area contributed by atoms with Crippen molar-refractivity contribution in [3.63, 3.8) is 0 Å². The van der Waals surface area contributed by atoms with Crippen LogP contribution in [-0.4, -0.2) is 40.9 Å². The Labute approximate surface area is 160 Å². The van der Waals surface area contributed by atoms with E-state index in [1.807, 2.05) is 0 Å². The second-order valence-electron chi connectivity index (χ2n) is 6.09. The van der Waals surface area contributed by atoms with E-state index >= 15 is 0 Å². The summed E-state index contributed by atoms with van der Waals surface area (Å²) in [7, 11) is 1.27.